The minimum Gasteiger partial charge on any atom is -0.330 e. The highest BCUT2D eigenvalue weighted by Gasteiger charge is 2.25. The van der Waals surface area contributed by atoms with E-state index >= 15 is 0 Å². The normalized spacial score (nSPS) is 17.1. The number of hydrogen-bond donors (Lipinski definition) is 1. The van der Waals surface area contributed by atoms with Gasteiger partial charge in [0.15, 0.2) is 0 Å². The van der Waals surface area contributed by atoms with Crippen LogP contribution in [0.15, 0.2) is 12.7 Å². The zero-order valence-corrected chi connectivity index (χ0v) is 10.9. The number of nitrogens with zero attached hydrogens (tertiary/aromatic N) is 2. The molecule has 4 nitrogen and oxygen atoms in total. The summed E-state index contributed by atoms with van der Waals surface area (Å²) in [6.07, 6.45) is 8.47. The average Bonchev–Trinajstić information content (AvgIpc) is 2.36. The van der Waals surface area contributed by atoms with Crippen molar-refractivity contribution in [3.05, 3.63) is 12.7 Å². The van der Waals surface area contributed by atoms with Gasteiger partial charge in [0.2, 0.25) is 5.91 Å². The largest absolute Gasteiger partial charge is 0.330 e. The maximum Gasteiger partial charge on any atom is 0.237 e. The van der Waals surface area contributed by atoms with E-state index in [2.05, 4.69) is 11.6 Å². The molecule has 0 aromatic carbocycles. The standard InChI is InChI=1S/C13H25N3O/c1-3-11-16(12-7-5-4-6-8-12)15(2)13(17)9-10-14/h3,12H,1,4-11,14H2,2H3. The van der Waals surface area contributed by atoms with Crippen molar-refractivity contribution in [1.82, 2.24) is 10.0 Å². The smallest absolute Gasteiger partial charge is 0.237 e. The third-order valence-electron chi connectivity index (χ3n) is 3.42. The fourth-order valence-corrected chi connectivity index (χ4v) is 2.46. The Morgan fingerprint density at radius 3 is 2.59 bits per heavy atom. The van der Waals surface area contributed by atoms with E-state index in [4.69, 9.17) is 5.73 Å². The fraction of sp³-hybridized carbons (Fsp3) is 0.769. The van der Waals surface area contributed by atoms with Crippen molar-refractivity contribution in [1.29, 1.82) is 0 Å². The summed E-state index contributed by atoms with van der Waals surface area (Å²) in [4.78, 5) is 11.9. The molecule has 0 heterocycles. The van der Waals surface area contributed by atoms with Gasteiger partial charge < -0.3 is 5.73 Å². The third kappa shape index (κ3) is 4.13. The minimum atomic E-state index is 0.0972. The van der Waals surface area contributed by atoms with Crippen molar-refractivity contribution in [3.63, 3.8) is 0 Å². The van der Waals surface area contributed by atoms with E-state index in [9.17, 15) is 4.79 Å². The first-order valence-electron chi connectivity index (χ1n) is 6.54. The molecule has 98 valence electrons. The summed E-state index contributed by atoms with van der Waals surface area (Å²) in [5, 5.41) is 3.88. The van der Waals surface area contributed by atoms with Crippen LogP contribution < -0.4 is 5.73 Å². The highest BCUT2D eigenvalue weighted by molar-refractivity contribution is 5.75. The molecule has 0 radical (unpaired) electrons. The quantitative estimate of drug-likeness (QED) is 0.565. The van der Waals surface area contributed by atoms with Crippen molar-refractivity contribution < 1.29 is 4.79 Å². The van der Waals surface area contributed by atoms with Gasteiger partial charge in [0.05, 0.1) is 0 Å². The van der Waals surface area contributed by atoms with Crippen molar-refractivity contribution in [3.8, 4) is 0 Å². The Morgan fingerprint density at radius 1 is 1.41 bits per heavy atom. The second-order valence-electron chi connectivity index (χ2n) is 4.66. The lowest BCUT2D eigenvalue weighted by atomic mass is 9.95. The van der Waals surface area contributed by atoms with Gasteiger partial charge >= 0.3 is 0 Å². The van der Waals surface area contributed by atoms with Crippen molar-refractivity contribution in [2.45, 2.75) is 44.6 Å². The van der Waals surface area contributed by atoms with Crippen LogP contribution >= 0.6 is 0 Å². The van der Waals surface area contributed by atoms with E-state index in [1.54, 1.807) is 5.01 Å². The average molecular weight is 239 g/mol. The van der Waals surface area contributed by atoms with E-state index in [0.717, 1.165) is 6.54 Å². The summed E-state index contributed by atoms with van der Waals surface area (Å²) in [6, 6.07) is 0.480. The molecule has 1 fully saturated rings. The molecule has 0 unspecified atom stereocenters. The fourth-order valence-electron chi connectivity index (χ4n) is 2.46. The summed E-state index contributed by atoms with van der Waals surface area (Å²) in [5.74, 6) is 0.0972. The summed E-state index contributed by atoms with van der Waals surface area (Å²) >= 11 is 0. The lowest BCUT2D eigenvalue weighted by Gasteiger charge is -2.39. The van der Waals surface area contributed by atoms with Crippen LogP contribution in [0.1, 0.15) is 38.5 Å². The number of hydrogen-bond acceptors (Lipinski definition) is 3. The van der Waals surface area contributed by atoms with Gasteiger partial charge in [-0.1, -0.05) is 25.3 Å². The number of carbonyl (C=O) groups is 1. The Labute approximate surface area is 104 Å². The molecular weight excluding hydrogens is 214 g/mol. The summed E-state index contributed by atoms with van der Waals surface area (Å²) in [6.45, 7) is 4.92. The van der Waals surface area contributed by atoms with Crippen LogP contribution in [0, 0.1) is 0 Å². The van der Waals surface area contributed by atoms with Gasteiger partial charge in [0.25, 0.3) is 0 Å². The Kier molecular flexibility index (Phi) is 6.22. The summed E-state index contributed by atoms with van der Waals surface area (Å²) in [7, 11) is 1.84. The first kappa shape index (κ1) is 14.2. The van der Waals surface area contributed by atoms with Gasteiger partial charge in [0, 0.05) is 32.6 Å². The van der Waals surface area contributed by atoms with Gasteiger partial charge in [-0.05, 0) is 12.8 Å². The number of nitrogens with two attached hydrogens (primary N) is 1. The number of hydrazine groups is 1. The molecule has 0 aromatic rings. The molecule has 2 N–H and O–H groups in total. The van der Waals surface area contributed by atoms with Gasteiger partial charge in [-0.25, -0.2) is 5.01 Å². The molecule has 0 atom stereocenters. The molecule has 1 aliphatic rings. The minimum absolute atomic E-state index is 0.0972. The molecule has 0 spiro atoms. The molecule has 17 heavy (non-hydrogen) atoms. The maximum atomic E-state index is 11.9. The lowest BCUT2D eigenvalue weighted by Crippen LogP contribution is -2.50. The summed E-state index contributed by atoms with van der Waals surface area (Å²) < 4.78 is 0. The topological polar surface area (TPSA) is 49.6 Å². The molecule has 0 bridgehead atoms. The molecule has 0 aliphatic heterocycles. The molecule has 4 heteroatoms. The van der Waals surface area contributed by atoms with Gasteiger partial charge in [0.1, 0.15) is 0 Å². The van der Waals surface area contributed by atoms with Gasteiger partial charge in [-0.3, -0.25) is 9.80 Å². The predicted molar refractivity (Wildman–Crippen MR) is 70.2 cm³/mol. The van der Waals surface area contributed by atoms with E-state index in [1.807, 2.05) is 13.1 Å². The highest BCUT2D eigenvalue weighted by atomic mass is 16.2. The van der Waals surface area contributed by atoms with E-state index < -0.39 is 0 Å². The maximum absolute atomic E-state index is 11.9. The Hall–Kier alpha value is -0.870. The van der Waals surface area contributed by atoms with Crippen molar-refractivity contribution in [2.75, 3.05) is 20.1 Å². The highest BCUT2D eigenvalue weighted by Crippen LogP contribution is 2.23. The van der Waals surface area contributed by atoms with Crippen molar-refractivity contribution in [2.24, 2.45) is 5.73 Å². The molecule has 1 aliphatic carbocycles. The second-order valence-corrected chi connectivity index (χ2v) is 4.66. The Morgan fingerprint density at radius 2 is 2.06 bits per heavy atom. The first-order chi connectivity index (χ1) is 8.20. The molecule has 1 rings (SSSR count). The van der Waals surface area contributed by atoms with Crippen LogP contribution in [0.5, 0.6) is 0 Å². The molecule has 1 saturated carbocycles. The third-order valence-corrected chi connectivity index (χ3v) is 3.42. The molecular formula is C13H25N3O. The molecule has 0 aromatic heterocycles. The number of amides is 1. The Bertz CT molecular complexity index is 249. The second kappa shape index (κ2) is 7.45. The van der Waals surface area contributed by atoms with Crippen LogP contribution in [0.4, 0.5) is 0 Å². The number of rotatable bonds is 6. The zero-order valence-electron chi connectivity index (χ0n) is 10.9. The monoisotopic (exact) mass is 239 g/mol. The molecule has 1 amide bonds. The predicted octanol–water partition coefficient (Wildman–Crippen LogP) is 1.53. The van der Waals surface area contributed by atoms with Gasteiger partial charge in [-0.15, -0.1) is 6.58 Å². The molecule has 0 saturated heterocycles. The van der Waals surface area contributed by atoms with E-state index in [0.29, 0.717) is 19.0 Å². The van der Waals surface area contributed by atoms with Crippen LogP contribution in [-0.4, -0.2) is 42.1 Å². The van der Waals surface area contributed by atoms with Crippen molar-refractivity contribution >= 4 is 5.91 Å². The van der Waals surface area contributed by atoms with Crippen LogP contribution in [0.3, 0.4) is 0 Å². The van der Waals surface area contributed by atoms with Crippen LogP contribution in [0.2, 0.25) is 0 Å². The SMILES string of the molecule is C=CCN(C1CCCCC1)N(C)C(=O)CCN. The first-order valence-corrected chi connectivity index (χ1v) is 6.54. The van der Waals surface area contributed by atoms with E-state index in [1.165, 1.54) is 32.1 Å². The number of carbonyl (C=O) groups excluding carboxylic acids is 1. The van der Waals surface area contributed by atoms with Crippen LogP contribution in [-0.2, 0) is 4.79 Å². The Balaban J connectivity index is 2.62. The van der Waals surface area contributed by atoms with E-state index in [-0.39, 0.29) is 5.91 Å². The summed E-state index contributed by atoms with van der Waals surface area (Å²) in [5.41, 5.74) is 5.43. The van der Waals surface area contributed by atoms with Crippen LogP contribution in [0.25, 0.3) is 0 Å². The lowest BCUT2D eigenvalue weighted by molar-refractivity contribution is -0.149. The zero-order chi connectivity index (χ0) is 12.7. The van der Waals surface area contributed by atoms with Gasteiger partial charge in [-0.2, -0.15) is 0 Å².